The van der Waals surface area contributed by atoms with Gasteiger partial charge in [-0.25, -0.2) is 0 Å². The molecule has 0 amide bonds. The summed E-state index contributed by atoms with van der Waals surface area (Å²) in [7, 11) is 0. The molecule has 0 aromatic heterocycles. The van der Waals surface area contributed by atoms with Crippen molar-refractivity contribution in [1.29, 1.82) is 0 Å². The molecule has 0 heterocycles. The molecule has 0 radical (unpaired) electrons. The standard InChI is InChI=1S/C14H21BrClN/c1-11(2)5-3-4-8-17-10-12-6-7-13(15)9-14(12)16/h6-7,9,11,17H,3-5,8,10H2,1-2H3. The Hall–Kier alpha value is -0.0500. The van der Waals surface area contributed by atoms with Crippen molar-refractivity contribution >= 4 is 27.5 Å². The minimum atomic E-state index is 0.816. The second-order valence-electron chi connectivity index (χ2n) is 4.80. The lowest BCUT2D eigenvalue weighted by Gasteiger charge is -2.08. The number of hydrogen-bond acceptors (Lipinski definition) is 1. The first-order chi connectivity index (χ1) is 8.09. The van der Waals surface area contributed by atoms with Crippen LogP contribution in [0.1, 0.15) is 38.7 Å². The van der Waals surface area contributed by atoms with Crippen LogP contribution in [-0.4, -0.2) is 6.54 Å². The summed E-state index contributed by atoms with van der Waals surface area (Å²) < 4.78 is 1.03. The second kappa shape index (κ2) is 8.12. The summed E-state index contributed by atoms with van der Waals surface area (Å²) in [6, 6.07) is 6.03. The van der Waals surface area contributed by atoms with Crippen molar-refractivity contribution in [2.24, 2.45) is 5.92 Å². The third kappa shape index (κ3) is 6.44. The van der Waals surface area contributed by atoms with Crippen molar-refractivity contribution in [3.63, 3.8) is 0 Å². The van der Waals surface area contributed by atoms with Crippen LogP contribution >= 0.6 is 27.5 Å². The number of hydrogen-bond donors (Lipinski definition) is 1. The van der Waals surface area contributed by atoms with Gasteiger partial charge in [0.15, 0.2) is 0 Å². The molecule has 1 N–H and O–H groups in total. The number of rotatable bonds is 7. The summed E-state index contributed by atoms with van der Waals surface area (Å²) in [5, 5.41) is 4.26. The molecule has 0 bridgehead atoms. The van der Waals surface area contributed by atoms with Gasteiger partial charge in [-0.3, -0.25) is 0 Å². The topological polar surface area (TPSA) is 12.0 Å². The summed E-state index contributed by atoms with van der Waals surface area (Å²) in [4.78, 5) is 0. The number of unbranched alkanes of at least 4 members (excludes halogenated alkanes) is 1. The van der Waals surface area contributed by atoms with E-state index in [-0.39, 0.29) is 0 Å². The highest BCUT2D eigenvalue weighted by Crippen LogP contribution is 2.21. The Balaban J connectivity index is 2.18. The number of nitrogens with one attached hydrogen (secondary N) is 1. The molecule has 0 fully saturated rings. The predicted molar refractivity (Wildman–Crippen MR) is 79.5 cm³/mol. The Labute approximate surface area is 118 Å². The molecule has 1 rings (SSSR count). The molecule has 1 aromatic rings. The fourth-order valence-electron chi connectivity index (χ4n) is 1.69. The van der Waals surface area contributed by atoms with Gasteiger partial charge < -0.3 is 5.32 Å². The molecule has 17 heavy (non-hydrogen) atoms. The van der Waals surface area contributed by atoms with Gasteiger partial charge in [0.25, 0.3) is 0 Å². The smallest absolute Gasteiger partial charge is 0.0462 e. The molecule has 0 spiro atoms. The van der Waals surface area contributed by atoms with Gasteiger partial charge >= 0.3 is 0 Å². The van der Waals surface area contributed by atoms with Crippen molar-refractivity contribution in [1.82, 2.24) is 5.32 Å². The fraction of sp³-hybridized carbons (Fsp3) is 0.571. The van der Waals surface area contributed by atoms with Gasteiger partial charge in [0.2, 0.25) is 0 Å². The van der Waals surface area contributed by atoms with Crippen LogP contribution in [0.2, 0.25) is 5.02 Å². The van der Waals surface area contributed by atoms with E-state index >= 15 is 0 Å². The van der Waals surface area contributed by atoms with Gasteiger partial charge in [0.05, 0.1) is 0 Å². The van der Waals surface area contributed by atoms with E-state index in [1.165, 1.54) is 24.8 Å². The first-order valence-electron chi connectivity index (χ1n) is 6.24. The molecule has 1 aromatic carbocycles. The molecule has 0 saturated heterocycles. The minimum Gasteiger partial charge on any atom is -0.313 e. The van der Waals surface area contributed by atoms with Crippen LogP contribution in [0.3, 0.4) is 0 Å². The van der Waals surface area contributed by atoms with Crippen LogP contribution in [0.25, 0.3) is 0 Å². The molecule has 0 saturated carbocycles. The van der Waals surface area contributed by atoms with Crippen LogP contribution in [0.4, 0.5) is 0 Å². The number of benzene rings is 1. The molecule has 0 unspecified atom stereocenters. The zero-order chi connectivity index (χ0) is 12.7. The molecule has 0 aliphatic heterocycles. The Kier molecular flexibility index (Phi) is 7.17. The van der Waals surface area contributed by atoms with Crippen LogP contribution in [0.5, 0.6) is 0 Å². The minimum absolute atomic E-state index is 0.816. The highest BCUT2D eigenvalue weighted by molar-refractivity contribution is 9.10. The van der Waals surface area contributed by atoms with Gasteiger partial charge in [0, 0.05) is 16.0 Å². The Bertz CT molecular complexity index is 339. The summed E-state index contributed by atoms with van der Waals surface area (Å²) in [6.45, 7) is 6.47. The van der Waals surface area contributed by atoms with E-state index in [9.17, 15) is 0 Å². The molecule has 3 heteroatoms. The molecular formula is C14H21BrClN. The summed E-state index contributed by atoms with van der Waals surface area (Å²) in [5.41, 5.74) is 1.17. The van der Waals surface area contributed by atoms with Crippen molar-refractivity contribution in [2.75, 3.05) is 6.54 Å². The lowest BCUT2D eigenvalue weighted by molar-refractivity contribution is 0.520. The normalized spacial score (nSPS) is 11.1. The second-order valence-corrected chi connectivity index (χ2v) is 6.13. The molecule has 0 aliphatic carbocycles. The molecule has 1 nitrogen and oxygen atoms in total. The predicted octanol–water partition coefficient (Wildman–Crippen LogP) is 5.02. The Morgan fingerprint density at radius 1 is 1.29 bits per heavy atom. The van der Waals surface area contributed by atoms with Gasteiger partial charge in [0.1, 0.15) is 0 Å². The monoisotopic (exact) mass is 317 g/mol. The quantitative estimate of drug-likeness (QED) is 0.696. The summed E-state index contributed by atoms with van der Waals surface area (Å²) in [6.07, 6.45) is 3.87. The van der Waals surface area contributed by atoms with Crippen molar-refractivity contribution < 1.29 is 0 Å². The zero-order valence-corrected chi connectivity index (χ0v) is 12.9. The highest BCUT2D eigenvalue weighted by atomic mass is 79.9. The molecule has 0 atom stereocenters. The maximum Gasteiger partial charge on any atom is 0.0462 e. The average Bonchev–Trinajstić information content (AvgIpc) is 2.25. The largest absolute Gasteiger partial charge is 0.313 e. The van der Waals surface area contributed by atoms with E-state index < -0.39 is 0 Å². The SMILES string of the molecule is CC(C)CCCCNCc1ccc(Br)cc1Cl. The third-order valence-electron chi connectivity index (χ3n) is 2.72. The van der Waals surface area contributed by atoms with Gasteiger partial charge in [-0.1, -0.05) is 60.3 Å². The van der Waals surface area contributed by atoms with Crippen molar-refractivity contribution in [2.45, 2.75) is 39.7 Å². The lowest BCUT2D eigenvalue weighted by atomic mass is 10.1. The number of halogens is 2. The van der Waals surface area contributed by atoms with Crippen molar-refractivity contribution in [3.8, 4) is 0 Å². The Morgan fingerprint density at radius 3 is 2.71 bits per heavy atom. The first-order valence-corrected chi connectivity index (χ1v) is 7.41. The highest BCUT2D eigenvalue weighted by Gasteiger charge is 2.00. The maximum atomic E-state index is 6.14. The third-order valence-corrected chi connectivity index (χ3v) is 3.56. The van der Waals surface area contributed by atoms with E-state index in [0.29, 0.717) is 0 Å². The average molecular weight is 319 g/mol. The lowest BCUT2D eigenvalue weighted by Crippen LogP contribution is -2.15. The van der Waals surface area contributed by atoms with Crippen LogP contribution in [-0.2, 0) is 6.54 Å². The first kappa shape index (κ1) is 15.0. The van der Waals surface area contributed by atoms with Gasteiger partial charge in [-0.2, -0.15) is 0 Å². The van der Waals surface area contributed by atoms with E-state index in [0.717, 1.165) is 28.5 Å². The van der Waals surface area contributed by atoms with Crippen molar-refractivity contribution in [3.05, 3.63) is 33.3 Å². The van der Waals surface area contributed by atoms with E-state index in [1.54, 1.807) is 0 Å². The summed E-state index contributed by atoms with van der Waals surface area (Å²) >= 11 is 9.55. The van der Waals surface area contributed by atoms with E-state index in [1.807, 2.05) is 12.1 Å². The fourth-order valence-corrected chi connectivity index (χ4v) is 2.43. The Morgan fingerprint density at radius 2 is 2.06 bits per heavy atom. The zero-order valence-electron chi connectivity index (χ0n) is 10.6. The van der Waals surface area contributed by atoms with Crippen LogP contribution < -0.4 is 5.32 Å². The summed E-state index contributed by atoms with van der Waals surface area (Å²) in [5.74, 6) is 0.816. The molecule has 0 aliphatic rings. The van der Waals surface area contributed by atoms with E-state index in [2.05, 4.69) is 41.2 Å². The molecule has 96 valence electrons. The van der Waals surface area contributed by atoms with Gasteiger partial charge in [-0.15, -0.1) is 0 Å². The van der Waals surface area contributed by atoms with Gasteiger partial charge in [-0.05, 0) is 36.6 Å². The van der Waals surface area contributed by atoms with E-state index in [4.69, 9.17) is 11.6 Å². The van der Waals surface area contributed by atoms with Crippen LogP contribution in [0, 0.1) is 5.92 Å². The maximum absolute atomic E-state index is 6.14. The van der Waals surface area contributed by atoms with Crippen LogP contribution in [0.15, 0.2) is 22.7 Å². The molecular weight excluding hydrogens is 298 g/mol.